The number of hydrogen-bond donors (Lipinski definition) is 2. The number of carbonyl (C=O) groups is 3. The van der Waals surface area contributed by atoms with Gasteiger partial charge in [0.15, 0.2) is 0 Å². The molecule has 0 aliphatic heterocycles. The lowest BCUT2D eigenvalue weighted by Gasteiger charge is -2.19. The number of nitrogens with one attached hydrogen (secondary N) is 2. The number of ether oxygens (including phenoxy) is 1. The molecule has 0 heterocycles. The lowest BCUT2D eigenvalue weighted by molar-refractivity contribution is 0.00694. The van der Waals surface area contributed by atoms with Crippen molar-refractivity contribution < 1.29 is 19.1 Å². The molecule has 0 aliphatic rings. The molecule has 0 radical (unpaired) electrons. The third-order valence-electron chi connectivity index (χ3n) is 3.17. The highest BCUT2D eigenvalue weighted by molar-refractivity contribution is 9.10. The SMILES string of the molecule is CC(C)(C)OC(=O)c1cccc(C(=O)NNC(=O)c2ccccc2Br)c1. The van der Waals surface area contributed by atoms with Crippen LogP contribution < -0.4 is 10.9 Å². The molecule has 2 rings (SSSR count). The van der Waals surface area contributed by atoms with Gasteiger partial charge in [-0.2, -0.15) is 0 Å². The Bertz CT molecular complexity index is 843. The van der Waals surface area contributed by atoms with Crippen molar-refractivity contribution in [1.29, 1.82) is 0 Å². The average molecular weight is 419 g/mol. The Hall–Kier alpha value is -2.67. The van der Waals surface area contributed by atoms with E-state index in [9.17, 15) is 14.4 Å². The number of carbonyl (C=O) groups excluding carboxylic acids is 3. The second kappa shape index (κ2) is 8.14. The average Bonchev–Trinajstić information content (AvgIpc) is 2.58. The zero-order chi connectivity index (χ0) is 19.3. The van der Waals surface area contributed by atoms with Gasteiger partial charge in [-0.15, -0.1) is 0 Å². The zero-order valence-electron chi connectivity index (χ0n) is 14.6. The maximum Gasteiger partial charge on any atom is 0.338 e. The molecule has 2 aromatic carbocycles. The molecule has 0 bridgehead atoms. The molecular formula is C19H19BrN2O4. The molecule has 136 valence electrons. The van der Waals surface area contributed by atoms with E-state index < -0.39 is 23.4 Å². The van der Waals surface area contributed by atoms with Crippen LogP contribution in [0.5, 0.6) is 0 Å². The Morgan fingerprint density at radius 3 is 2.15 bits per heavy atom. The summed E-state index contributed by atoms with van der Waals surface area (Å²) in [6.07, 6.45) is 0. The summed E-state index contributed by atoms with van der Waals surface area (Å²) in [4.78, 5) is 36.4. The first-order valence-electron chi connectivity index (χ1n) is 7.86. The van der Waals surface area contributed by atoms with Gasteiger partial charge in [0.1, 0.15) is 5.60 Å². The molecule has 0 atom stereocenters. The van der Waals surface area contributed by atoms with Crippen LogP contribution >= 0.6 is 15.9 Å². The van der Waals surface area contributed by atoms with Crippen LogP contribution in [0.1, 0.15) is 51.8 Å². The van der Waals surface area contributed by atoms with Crippen molar-refractivity contribution in [3.63, 3.8) is 0 Å². The highest BCUT2D eigenvalue weighted by Gasteiger charge is 2.19. The summed E-state index contributed by atoms with van der Waals surface area (Å²) in [5.41, 5.74) is 4.90. The van der Waals surface area contributed by atoms with Crippen LogP contribution in [-0.4, -0.2) is 23.4 Å². The number of amides is 2. The molecule has 2 aromatic rings. The maximum atomic E-state index is 12.2. The molecular weight excluding hydrogens is 400 g/mol. The highest BCUT2D eigenvalue weighted by Crippen LogP contribution is 2.15. The minimum absolute atomic E-state index is 0.223. The molecule has 6 nitrogen and oxygen atoms in total. The smallest absolute Gasteiger partial charge is 0.338 e. The van der Waals surface area contributed by atoms with Gasteiger partial charge in [-0.3, -0.25) is 20.4 Å². The molecule has 0 saturated heterocycles. The minimum Gasteiger partial charge on any atom is -0.456 e. The van der Waals surface area contributed by atoms with Crippen LogP contribution in [0, 0.1) is 0 Å². The standard InChI is InChI=1S/C19H19BrN2O4/c1-19(2,3)26-18(25)13-8-6-7-12(11-13)16(23)21-22-17(24)14-9-4-5-10-15(14)20/h4-11H,1-3H3,(H,21,23)(H,22,24). The predicted molar refractivity (Wildman–Crippen MR) is 101 cm³/mol. The molecule has 0 spiro atoms. The molecule has 0 unspecified atom stereocenters. The van der Waals surface area contributed by atoms with Gasteiger partial charge in [0, 0.05) is 10.0 Å². The molecule has 0 aliphatic carbocycles. The van der Waals surface area contributed by atoms with E-state index in [1.54, 1.807) is 57.2 Å². The fourth-order valence-corrected chi connectivity index (χ4v) is 2.49. The van der Waals surface area contributed by atoms with Crippen LogP contribution in [-0.2, 0) is 4.74 Å². The molecule has 0 saturated carbocycles. The first-order valence-corrected chi connectivity index (χ1v) is 8.65. The normalized spacial score (nSPS) is 10.8. The van der Waals surface area contributed by atoms with Crippen molar-refractivity contribution in [2.24, 2.45) is 0 Å². The van der Waals surface area contributed by atoms with Gasteiger partial charge in [0.05, 0.1) is 11.1 Å². The van der Waals surface area contributed by atoms with Gasteiger partial charge in [0.2, 0.25) is 0 Å². The van der Waals surface area contributed by atoms with Crippen molar-refractivity contribution in [2.45, 2.75) is 26.4 Å². The van der Waals surface area contributed by atoms with Crippen LogP contribution in [0.2, 0.25) is 0 Å². The first kappa shape index (κ1) is 19.7. The van der Waals surface area contributed by atoms with Crippen molar-refractivity contribution in [3.05, 3.63) is 69.7 Å². The van der Waals surface area contributed by atoms with Crippen LogP contribution in [0.3, 0.4) is 0 Å². The van der Waals surface area contributed by atoms with Crippen LogP contribution in [0.25, 0.3) is 0 Å². The lowest BCUT2D eigenvalue weighted by Crippen LogP contribution is -2.41. The van der Waals surface area contributed by atoms with Gasteiger partial charge in [-0.05, 0) is 67.0 Å². The summed E-state index contributed by atoms with van der Waals surface area (Å²) < 4.78 is 5.89. The number of halogens is 1. The second-order valence-corrected chi connectivity index (χ2v) is 7.33. The number of hydrogen-bond acceptors (Lipinski definition) is 4. The number of benzene rings is 2. The predicted octanol–water partition coefficient (Wildman–Crippen LogP) is 3.48. The van der Waals surface area contributed by atoms with E-state index in [1.165, 1.54) is 12.1 Å². The largest absolute Gasteiger partial charge is 0.456 e. The molecule has 7 heteroatoms. The van der Waals surface area contributed by atoms with Crippen molar-refractivity contribution in [1.82, 2.24) is 10.9 Å². The van der Waals surface area contributed by atoms with Gasteiger partial charge in [-0.25, -0.2) is 4.79 Å². The Balaban J connectivity index is 2.04. The van der Waals surface area contributed by atoms with E-state index in [4.69, 9.17) is 4.74 Å². The quantitative estimate of drug-likeness (QED) is 0.590. The lowest BCUT2D eigenvalue weighted by atomic mass is 10.1. The fourth-order valence-electron chi connectivity index (χ4n) is 2.02. The van der Waals surface area contributed by atoms with Gasteiger partial charge in [-0.1, -0.05) is 18.2 Å². The third-order valence-corrected chi connectivity index (χ3v) is 3.86. The van der Waals surface area contributed by atoms with E-state index in [1.807, 2.05) is 0 Å². The van der Waals surface area contributed by atoms with Gasteiger partial charge < -0.3 is 4.74 Å². The fraction of sp³-hybridized carbons (Fsp3) is 0.211. The number of hydrazine groups is 1. The Kier molecular flexibility index (Phi) is 6.15. The Labute approximate surface area is 160 Å². The molecule has 0 aromatic heterocycles. The first-order chi connectivity index (χ1) is 12.2. The Morgan fingerprint density at radius 2 is 1.50 bits per heavy atom. The van der Waals surface area contributed by atoms with E-state index in [0.717, 1.165) is 0 Å². The highest BCUT2D eigenvalue weighted by atomic mass is 79.9. The third kappa shape index (κ3) is 5.42. The summed E-state index contributed by atoms with van der Waals surface area (Å²) in [6, 6.07) is 12.9. The summed E-state index contributed by atoms with van der Waals surface area (Å²) >= 11 is 3.27. The second-order valence-electron chi connectivity index (χ2n) is 6.47. The maximum absolute atomic E-state index is 12.2. The summed E-state index contributed by atoms with van der Waals surface area (Å²) in [5.74, 6) is -1.53. The van der Waals surface area contributed by atoms with Crippen LogP contribution in [0.4, 0.5) is 0 Å². The summed E-state index contributed by atoms with van der Waals surface area (Å²) in [7, 11) is 0. The van der Waals surface area contributed by atoms with E-state index in [2.05, 4.69) is 26.8 Å². The molecule has 2 N–H and O–H groups in total. The molecule has 0 fully saturated rings. The van der Waals surface area contributed by atoms with E-state index in [0.29, 0.717) is 10.0 Å². The van der Waals surface area contributed by atoms with Gasteiger partial charge >= 0.3 is 5.97 Å². The van der Waals surface area contributed by atoms with E-state index in [-0.39, 0.29) is 11.1 Å². The summed E-state index contributed by atoms with van der Waals surface area (Å²) in [5, 5.41) is 0. The van der Waals surface area contributed by atoms with Crippen molar-refractivity contribution >= 4 is 33.7 Å². The molecule has 2 amide bonds. The number of esters is 1. The minimum atomic E-state index is -0.633. The summed E-state index contributed by atoms with van der Waals surface area (Å²) in [6.45, 7) is 5.29. The van der Waals surface area contributed by atoms with Crippen molar-refractivity contribution in [2.75, 3.05) is 0 Å². The van der Waals surface area contributed by atoms with Crippen LogP contribution in [0.15, 0.2) is 53.0 Å². The van der Waals surface area contributed by atoms with Gasteiger partial charge in [0.25, 0.3) is 11.8 Å². The Morgan fingerprint density at radius 1 is 0.885 bits per heavy atom. The topological polar surface area (TPSA) is 84.5 Å². The number of rotatable bonds is 3. The van der Waals surface area contributed by atoms with Crippen molar-refractivity contribution in [3.8, 4) is 0 Å². The zero-order valence-corrected chi connectivity index (χ0v) is 16.2. The van der Waals surface area contributed by atoms with E-state index >= 15 is 0 Å². The molecule has 26 heavy (non-hydrogen) atoms. The monoisotopic (exact) mass is 418 g/mol.